The molecular formula is C7H9N3O2S. The first-order chi connectivity index (χ1) is 6.29. The van der Waals surface area contributed by atoms with Crippen LogP contribution in [0.3, 0.4) is 0 Å². The highest BCUT2D eigenvalue weighted by Crippen LogP contribution is 2.31. The van der Waals surface area contributed by atoms with Gasteiger partial charge in [-0.1, -0.05) is 5.10 Å². The Balaban J connectivity index is 1.96. The predicted octanol–water partition coefficient (Wildman–Crippen LogP) is 0.895. The first kappa shape index (κ1) is 8.43. The zero-order chi connectivity index (χ0) is 9.26. The van der Waals surface area contributed by atoms with Crippen molar-refractivity contribution in [2.24, 2.45) is 5.92 Å². The minimum atomic E-state index is 0.0406. The summed E-state index contributed by atoms with van der Waals surface area (Å²) in [5.41, 5.74) is 0. The van der Waals surface area contributed by atoms with E-state index >= 15 is 0 Å². The van der Waals surface area contributed by atoms with Crippen molar-refractivity contribution in [3.05, 3.63) is 0 Å². The van der Waals surface area contributed by atoms with Gasteiger partial charge in [0.05, 0.1) is 7.11 Å². The molecule has 2 rings (SSSR count). The number of carbonyl (C=O) groups excluding carboxylic acids is 1. The van der Waals surface area contributed by atoms with Crippen LogP contribution in [-0.4, -0.2) is 23.2 Å². The number of hydrogen-bond donors (Lipinski definition) is 1. The van der Waals surface area contributed by atoms with E-state index in [1.54, 1.807) is 0 Å². The molecule has 1 fully saturated rings. The molecule has 1 aliphatic carbocycles. The minimum Gasteiger partial charge on any atom is -0.472 e. The molecular weight excluding hydrogens is 190 g/mol. The number of methoxy groups -OCH3 is 1. The second-order valence-corrected chi connectivity index (χ2v) is 3.78. The molecule has 0 atom stereocenters. The van der Waals surface area contributed by atoms with Gasteiger partial charge in [-0.2, -0.15) is 0 Å². The molecule has 0 saturated heterocycles. The van der Waals surface area contributed by atoms with E-state index in [2.05, 4.69) is 15.5 Å². The van der Waals surface area contributed by atoms with Crippen molar-refractivity contribution in [1.29, 1.82) is 0 Å². The van der Waals surface area contributed by atoms with Crippen molar-refractivity contribution in [3.63, 3.8) is 0 Å². The summed E-state index contributed by atoms with van der Waals surface area (Å²) in [4.78, 5) is 11.3. The van der Waals surface area contributed by atoms with Crippen molar-refractivity contribution in [3.8, 4) is 5.19 Å². The number of anilines is 1. The van der Waals surface area contributed by atoms with Crippen molar-refractivity contribution in [1.82, 2.24) is 10.2 Å². The van der Waals surface area contributed by atoms with Gasteiger partial charge in [-0.25, -0.2) is 0 Å². The first-order valence-corrected chi connectivity index (χ1v) is 4.79. The molecule has 0 aliphatic heterocycles. The summed E-state index contributed by atoms with van der Waals surface area (Å²) in [5.74, 6) is 0.230. The lowest BCUT2D eigenvalue weighted by Crippen LogP contribution is -2.12. The molecule has 13 heavy (non-hydrogen) atoms. The first-order valence-electron chi connectivity index (χ1n) is 3.98. The normalized spacial score (nSPS) is 15.5. The number of rotatable bonds is 3. The largest absolute Gasteiger partial charge is 0.472 e. The summed E-state index contributed by atoms with van der Waals surface area (Å²) in [6.07, 6.45) is 1.98. The smallest absolute Gasteiger partial charge is 0.295 e. The van der Waals surface area contributed by atoms with E-state index in [0.717, 1.165) is 12.8 Å². The number of carbonyl (C=O) groups is 1. The van der Waals surface area contributed by atoms with Crippen LogP contribution < -0.4 is 10.1 Å². The Bertz CT molecular complexity index is 321. The van der Waals surface area contributed by atoms with Crippen LogP contribution in [0.1, 0.15) is 12.8 Å². The third-order valence-electron chi connectivity index (χ3n) is 1.76. The fourth-order valence-corrected chi connectivity index (χ4v) is 1.46. The van der Waals surface area contributed by atoms with Gasteiger partial charge >= 0.3 is 0 Å². The van der Waals surface area contributed by atoms with Crippen molar-refractivity contribution in [2.45, 2.75) is 12.8 Å². The summed E-state index contributed by atoms with van der Waals surface area (Å²) >= 11 is 1.23. The quantitative estimate of drug-likeness (QED) is 0.785. The zero-order valence-corrected chi connectivity index (χ0v) is 7.93. The highest BCUT2D eigenvalue weighted by Gasteiger charge is 2.30. The van der Waals surface area contributed by atoms with Crippen LogP contribution >= 0.6 is 11.3 Å². The lowest BCUT2D eigenvalue weighted by atomic mass is 10.4. The van der Waals surface area contributed by atoms with Gasteiger partial charge < -0.3 is 10.1 Å². The van der Waals surface area contributed by atoms with Gasteiger partial charge in [0.2, 0.25) is 11.0 Å². The Morgan fingerprint density at radius 3 is 2.92 bits per heavy atom. The average molecular weight is 199 g/mol. The molecule has 70 valence electrons. The molecule has 1 saturated carbocycles. The van der Waals surface area contributed by atoms with E-state index in [-0.39, 0.29) is 11.8 Å². The Hall–Kier alpha value is -1.17. The molecule has 0 spiro atoms. The lowest BCUT2D eigenvalue weighted by Gasteiger charge is -1.95. The summed E-state index contributed by atoms with van der Waals surface area (Å²) < 4.78 is 4.85. The number of aromatic nitrogens is 2. The number of hydrogen-bond acceptors (Lipinski definition) is 5. The number of amides is 1. The standard InChI is InChI=1S/C7H9N3O2S/c1-12-7-10-9-6(13-7)8-5(11)4-2-3-4/h4H,2-3H2,1H3,(H,8,9,11). The minimum absolute atomic E-state index is 0.0406. The highest BCUT2D eigenvalue weighted by molar-refractivity contribution is 7.17. The van der Waals surface area contributed by atoms with Crippen LogP contribution in [0.2, 0.25) is 0 Å². The summed E-state index contributed by atoms with van der Waals surface area (Å²) in [6.45, 7) is 0. The molecule has 0 radical (unpaired) electrons. The van der Waals surface area contributed by atoms with E-state index in [1.165, 1.54) is 18.4 Å². The molecule has 1 aromatic rings. The van der Waals surface area contributed by atoms with Gasteiger partial charge in [-0.3, -0.25) is 4.79 Å². The maximum absolute atomic E-state index is 11.3. The van der Waals surface area contributed by atoms with Gasteiger partial charge in [0.15, 0.2) is 0 Å². The molecule has 5 nitrogen and oxygen atoms in total. The van der Waals surface area contributed by atoms with Gasteiger partial charge in [0.25, 0.3) is 5.19 Å². The van der Waals surface area contributed by atoms with E-state index < -0.39 is 0 Å². The van der Waals surface area contributed by atoms with Crippen molar-refractivity contribution < 1.29 is 9.53 Å². The number of nitrogens with zero attached hydrogens (tertiary/aromatic N) is 2. The second kappa shape index (κ2) is 3.29. The third kappa shape index (κ3) is 1.95. The van der Waals surface area contributed by atoms with E-state index in [0.29, 0.717) is 10.3 Å². The van der Waals surface area contributed by atoms with Crippen LogP contribution in [0.15, 0.2) is 0 Å². The topological polar surface area (TPSA) is 64.1 Å². The number of nitrogens with one attached hydrogen (secondary N) is 1. The average Bonchev–Trinajstić information content (AvgIpc) is 2.88. The number of ether oxygens (including phenoxy) is 1. The maximum Gasteiger partial charge on any atom is 0.295 e. The van der Waals surface area contributed by atoms with Crippen molar-refractivity contribution >= 4 is 22.4 Å². The molecule has 6 heteroatoms. The van der Waals surface area contributed by atoms with E-state index in [1.807, 2.05) is 0 Å². The summed E-state index contributed by atoms with van der Waals surface area (Å²) in [6, 6.07) is 0. The molecule has 0 bridgehead atoms. The molecule has 1 aliphatic rings. The summed E-state index contributed by atoms with van der Waals surface area (Å²) in [5, 5.41) is 11.1. The van der Waals surface area contributed by atoms with E-state index in [9.17, 15) is 4.79 Å². The molecule has 1 N–H and O–H groups in total. The molecule has 1 amide bonds. The fourth-order valence-electron chi connectivity index (χ4n) is 0.896. The fraction of sp³-hybridized carbons (Fsp3) is 0.571. The second-order valence-electron chi connectivity index (χ2n) is 2.84. The van der Waals surface area contributed by atoms with E-state index in [4.69, 9.17) is 4.74 Å². The Morgan fingerprint density at radius 2 is 2.38 bits per heavy atom. The van der Waals surface area contributed by atoms with Crippen molar-refractivity contribution in [2.75, 3.05) is 12.4 Å². The van der Waals surface area contributed by atoms with Gasteiger partial charge in [-0.15, -0.1) is 5.10 Å². The zero-order valence-electron chi connectivity index (χ0n) is 7.11. The third-order valence-corrected chi connectivity index (χ3v) is 2.56. The molecule has 1 heterocycles. The SMILES string of the molecule is COc1nnc(NC(=O)C2CC2)s1. The molecule has 1 aromatic heterocycles. The van der Waals surface area contributed by atoms with Crippen LogP contribution in [0.5, 0.6) is 5.19 Å². The van der Waals surface area contributed by atoms with Crippen LogP contribution in [0.25, 0.3) is 0 Å². The Kier molecular flexibility index (Phi) is 2.13. The lowest BCUT2D eigenvalue weighted by molar-refractivity contribution is -0.117. The van der Waals surface area contributed by atoms with Crippen LogP contribution in [-0.2, 0) is 4.79 Å². The Labute approximate surface area is 79.1 Å². The summed E-state index contributed by atoms with van der Waals surface area (Å²) in [7, 11) is 1.52. The Morgan fingerprint density at radius 1 is 1.62 bits per heavy atom. The van der Waals surface area contributed by atoms with Crippen LogP contribution in [0.4, 0.5) is 5.13 Å². The predicted molar refractivity (Wildman–Crippen MR) is 47.8 cm³/mol. The van der Waals surface area contributed by atoms with Gasteiger partial charge in [0, 0.05) is 5.92 Å². The molecule has 0 unspecified atom stereocenters. The maximum atomic E-state index is 11.3. The van der Waals surface area contributed by atoms with Gasteiger partial charge in [0.1, 0.15) is 0 Å². The molecule has 0 aromatic carbocycles. The monoisotopic (exact) mass is 199 g/mol. The van der Waals surface area contributed by atoms with Gasteiger partial charge in [-0.05, 0) is 24.2 Å². The highest BCUT2D eigenvalue weighted by atomic mass is 32.1. The van der Waals surface area contributed by atoms with Crippen LogP contribution in [0, 0.1) is 5.92 Å².